The van der Waals surface area contributed by atoms with E-state index in [9.17, 15) is 19.2 Å². The number of nitrogens with zero attached hydrogens (tertiary/aromatic N) is 1. The van der Waals surface area contributed by atoms with Crippen LogP contribution in [-0.2, 0) is 9.59 Å². The zero-order chi connectivity index (χ0) is 17.1. The molecule has 0 aliphatic carbocycles. The van der Waals surface area contributed by atoms with Crippen molar-refractivity contribution in [3.05, 3.63) is 40.3 Å². The molecule has 0 aromatic heterocycles. The highest BCUT2D eigenvalue weighted by molar-refractivity contribution is 8.18. The van der Waals surface area contributed by atoms with E-state index >= 15 is 0 Å². The lowest BCUT2D eigenvalue weighted by molar-refractivity contribution is -0.127. The smallest absolute Gasteiger partial charge is 0.335 e. The van der Waals surface area contributed by atoms with E-state index in [1.54, 1.807) is 13.8 Å². The molecule has 0 unspecified atom stereocenters. The molecule has 1 saturated heterocycles. The molecular weight excluding hydrogens is 320 g/mol. The predicted octanol–water partition coefficient (Wildman–Crippen LogP) is 2.31. The van der Waals surface area contributed by atoms with E-state index in [0.717, 1.165) is 22.2 Å². The fourth-order valence-electron chi connectivity index (χ4n) is 1.88. The predicted molar refractivity (Wildman–Crippen MR) is 85.1 cm³/mol. The van der Waals surface area contributed by atoms with Crippen LogP contribution in [0, 0.1) is 0 Å². The van der Waals surface area contributed by atoms with Gasteiger partial charge in [-0.15, -0.1) is 0 Å². The number of allylic oxidation sites excluding steroid dienone is 1. The zero-order valence-corrected chi connectivity index (χ0v) is 13.3. The van der Waals surface area contributed by atoms with E-state index in [0.29, 0.717) is 10.6 Å². The van der Waals surface area contributed by atoms with E-state index in [-0.39, 0.29) is 12.1 Å². The van der Waals surface area contributed by atoms with Gasteiger partial charge in [0.15, 0.2) is 0 Å². The van der Waals surface area contributed by atoms with E-state index in [2.05, 4.69) is 5.32 Å². The maximum absolute atomic E-state index is 12.0. The van der Waals surface area contributed by atoms with Gasteiger partial charge >= 0.3 is 5.97 Å². The number of imide groups is 1. The Morgan fingerprint density at radius 2 is 1.78 bits per heavy atom. The highest BCUT2D eigenvalue weighted by Gasteiger charge is 2.36. The van der Waals surface area contributed by atoms with Crippen LogP contribution in [0.15, 0.2) is 34.7 Å². The minimum absolute atomic E-state index is 0.0949. The van der Waals surface area contributed by atoms with Gasteiger partial charge in [-0.2, -0.15) is 0 Å². The van der Waals surface area contributed by atoms with Crippen LogP contribution in [0.1, 0.15) is 24.2 Å². The molecule has 1 aromatic rings. The summed E-state index contributed by atoms with van der Waals surface area (Å²) in [7, 11) is 0. The molecule has 2 N–H and O–H groups in total. The van der Waals surface area contributed by atoms with Crippen molar-refractivity contribution in [3.63, 3.8) is 0 Å². The van der Waals surface area contributed by atoms with Gasteiger partial charge in [-0.3, -0.25) is 19.3 Å². The maximum atomic E-state index is 12.0. The van der Waals surface area contributed by atoms with Gasteiger partial charge in [-0.05, 0) is 49.9 Å². The van der Waals surface area contributed by atoms with Gasteiger partial charge in [-0.25, -0.2) is 4.79 Å². The first kappa shape index (κ1) is 16.8. The third kappa shape index (κ3) is 3.78. The maximum Gasteiger partial charge on any atom is 0.335 e. The average Bonchev–Trinajstić information content (AvgIpc) is 2.76. The summed E-state index contributed by atoms with van der Waals surface area (Å²) in [5, 5.41) is 10.8. The third-order valence-electron chi connectivity index (χ3n) is 3.02. The Hall–Kier alpha value is -2.61. The minimum atomic E-state index is -1.07. The molecule has 1 aromatic carbocycles. The van der Waals surface area contributed by atoms with Crippen LogP contribution in [-0.4, -0.2) is 39.6 Å². The Morgan fingerprint density at radius 1 is 1.17 bits per heavy atom. The summed E-state index contributed by atoms with van der Waals surface area (Å²) < 4.78 is 0. The number of rotatable bonds is 4. The largest absolute Gasteiger partial charge is 0.478 e. The number of carbonyl (C=O) groups excluding carboxylic acids is 3. The number of hydrogen-bond acceptors (Lipinski definition) is 5. The van der Waals surface area contributed by atoms with Crippen LogP contribution in [0.5, 0.6) is 0 Å². The second-order valence-corrected chi connectivity index (χ2v) is 5.98. The van der Waals surface area contributed by atoms with Gasteiger partial charge in [0.25, 0.3) is 11.1 Å². The molecule has 23 heavy (non-hydrogen) atoms. The van der Waals surface area contributed by atoms with Crippen molar-refractivity contribution in [1.29, 1.82) is 0 Å². The monoisotopic (exact) mass is 334 g/mol. The van der Waals surface area contributed by atoms with Crippen LogP contribution in [0.3, 0.4) is 0 Å². The minimum Gasteiger partial charge on any atom is -0.478 e. The summed E-state index contributed by atoms with van der Waals surface area (Å²) in [6.45, 7) is 3.06. The molecule has 1 heterocycles. The molecule has 1 aliphatic rings. The topological polar surface area (TPSA) is 104 Å². The van der Waals surface area contributed by atoms with Crippen molar-refractivity contribution < 1.29 is 24.3 Å². The normalized spacial score (nSPS) is 14.2. The number of thioether (sulfide) groups is 1. The van der Waals surface area contributed by atoms with Crippen molar-refractivity contribution in [2.75, 3.05) is 11.9 Å². The van der Waals surface area contributed by atoms with Gasteiger partial charge < -0.3 is 10.4 Å². The number of aromatic carboxylic acids is 1. The standard InChI is InChI=1S/C15H14N2O5S/c1-8(2)12-13(19)17(15(22)23-12)7-11(18)16-10-5-3-9(4-6-10)14(20)21/h3-6H,7H2,1-2H3,(H,16,18)(H,20,21). The Bertz CT molecular complexity index is 720. The zero-order valence-electron chi connectivity index (χ0n) is 12.5. The SMILES string of the molecule is CC(C)=C1SC(=O)N(CC(=O)Nc2ccc(C(=O)O)cc2)C1=O. The lowest BCUT2D eigenvalue weighted by atomic mass is 10.2. The molecule has 8 heteroatoms. The van der Waals surface area contributed by atoms with Crippen molar-refractivity contribution in [2.24, 2.45) is 0 Å². The average molecular weight is 334 g/mol. The number of carboxylic acid groups (broad SMARTS) is 1. The molecule has 0 saturated carbocycles. The first-order valence-electron chi connectivity index (χ1n) is 6.64. The second kappa shape index (κ2) is 6.66. The summed E-state index contributed by atoms with van der Waals surface area (Å²) in [4.78, 5) is 47.8. The van der Waals surface area contributed by atoms with Gasteiger partial charge in [0.1, 0.15) is 6.54 Å². The third-order valence-corrected chi connectivity index (χ3v) is 4.20. The molecule has 7 nitrogen and oxygen atoms in total. The van der Waals surface area contributed by atoms with Crippen LogP contribution in [0.4, 0.5) is 10.5 Å². The number of anilines is 1. The Balaban J connectivity index is 2.02. The Labute approximate surface area is 136 Å². The van der Waals surface area contributed by atoms with Crippen molar-refractivity contribution in [1.82, 2.24) is 4.90 Å². The summed E-state index contributed by atoms with van der Waals surface area (Å²) in [5.41, 5.74) is 1.20. The van der Waals surface area contributed by atoms with Gasteiger partial charge in [0.2, 0.25) is 5.91 Å². The summed E-state index contributed by atoms with van der Waals surface area (Å²) in [6.07, 6.45) is 0. The highest BCUT2D eigenvalue weighted by Crippen LogP contribution is 2.32. The van der Waals surface area contributed by atoms with E-state index in [4.69, 9.17) is 5.11 Å². The molecule has 0 spiro atoms. The fourth-order valence-corrected chi connectivity index (χ4v) is 2.72. The van der Waals surface area contributed by atoms with E-state index < -0.39 is 23.0 Å². The number of benzene rings is 1. The Morgan fingerprint density at radius 3 is 2.26 bits per heavy atom. The van der Waals surface area contributed by atoms with E-state index in [1.807, 2.05) is 0 Å². The molecule has 120 valence electrons. The van der Waals surface area contributed by atoms with Crippen LogP contribution in [0.2, 0.25) is 0 Å². The van der Waals surface area contributed by atoms with E-state index in [1.165, 1.54) is 24.3 Å². The number of carbonyl (C=O) groups is 4. The molecule has 0 atom stereocenters. The van der Waals surface area contributed by atoms with Crippen LogP contribution >= 0.6 is 11.8 Å². The molecule has 3 amide bonds. The highest BCUT2D eigenvalue weighted by atomic mass is 32.2. The molecule has 1 aliphatic heterocycles. The number of amides is 3. The summed E-state index contributed by atoms with van der Waals surface area (Å²) in [6, 6.07) is 5.57. The quantitative estimate of drug-likeness (QED) is 0.819. The molecule has 1 fully saturated rings. The summed E-state index contributed by atoms with van der Waals surface area (Å²) >= 11 is 0.815. The summed E-state index contributed by atoms with van der Waals surface area (Å²) in [5.74, 6) is -2.08. The molecule has 0 radical (unpaired) electrons. The lowest BCUT2D eigenvalue weighted by Crippen LogP contribution is -2.36. The van der Waals surface area contributed by atoms with Gasteiger partial charge in [0.05, 0.1) is 10.5 Å². The van der Waals surface area contributed by atoms with Crippen molar-refractivity contribution in [2.45, 2.75) is 13.8 Å². The first-order valence-corrected chi connectivity index (χ1v) is 7.45. The number of carboxylic acids is 1. The first-order chi connectivity index (χ1) is 10.8. The second-order valence-electron chi connectivity index (χ2n) is 5.02. The fraction of sp³-hybridized carbons (Fsp3) is 0.200. The lowest BCUT2D eigenvalue weighted by Gasteiger charge is -2.12. The van der Waals surface area contributed by atoms with Gasteiger partial charge in [0, 0.05) is 5.69 Å². The molecule has 2 rings (SSSR count). The van der Waals surface area contributed by atoms with Crippen LogP contribution in [0.25, 0.3) is 0 Å². The van der Waals surface area contributed by atoms with Crippen molar-refractivity contribution >= 4 is 40.5 Å². The van der Waals surface area contributed by atoms with Gasteiger partial charge in [-0.1, -0.05) is 5.57 Å². The number of hydrogen-bond donors (Lipinski definition) is 2. The van der Waals surface area contributed by atoms with Crippen molar-refractivity contribution in [3.8, 4) is 0 Å². The van der Waals surface area contributed by atoms with Crippen LogP contribution < -0.4 is 5.32 Å². The number of nitrogens with one attached hydrogen (secondary N) is 1. The molecular formula is C15H14N2O5S. The molecule has 0 bridgehead atoms. The Kier molecular flexibility index (Phi) is 4.85.